The summed E-state index contributed by atoms with van der Waals surface area (Å²) >= 11 is 0. The Balaban J connectivity index is 1.56. The number of likely N-dealkylation sites (N-methyl/N-ethyl adjacent to an activating group) is 1. The van der Waals surface area contributed by atoms with Gasteiger partial charge in [-0.05, 0) is 53.4 Å². The van der Waals surface area contributed by atoms with Gasteiger partial charge in [0.25, 0.3) is 5.91 Å². The number of ether oxygens (including phenoxy) is 1. The number of amides is 1. The zero-order chi connectivity index (χ0) is 19.9. The molecule has 3 aromatic rings. The van der Waals surface area contributed by atoms with Gasteiger partial charge >= 0.3 is 0 Å². The molecule has 0 unspecified atom stereocenters. The summed E-state index contributed by atoms with van der Waals surface area (Å²) in [5, 5.41) is 8.88. The highest BCUT2D eigenvalue weighted by Gasteiger charge is 2.11. The highest BCUT2D eigenvalue weighted by Crippen LogP contribution is 2.23. The summed E-state index contributed by atoms with van der Waals surface area (Å²) in [5.74, 6) is 0.578. The molecule has 0 aromatic heterocycles. The van der Waals surface area contributed by atoms with E-state index in [1.54, 1.807) is 24.1 Å². The van der Waals surface area contributed by atoms with Gasteiger partial charge in [0, 0.05) is 13.6 Å². The van der Waals surface area contributed by atoms with Crippen molar-refractivity contribution in [2.24, 2.45) is 0 Å². The minimum atomic E-state index is -0.0700. The number of carbonyl (C=O) groups excluding carboxylic acids is 1. The molecule has 4 heteroatoms. The lowest BCUT2D eigenvalue weighted by atomic mass is 10.0. The number of nitrogens with zero attached hydrogens (tertiary/aromatic N) is 2. The molecule has 0 aliphatic rings. The quantitative estimate of drug-likeness (QED) is 0.639. The monoisotopic (exact) mass is 370 g/mol. The molecule has 0 radical (unpaired) electrons. The highest BCUT2D eigenvalue weighted by atomic mass is 16.5. The summed E-state index contributed by atoms with van der Waals surface area (Å²) in [6.45, 7) is 2.60. The maximum absolute atomic E-state index is 12.4. The molecule has 0 atom stereocenters. The third kappa shape index (κ3) is 4.77. The van der Waals surface area contributed by atoms with Crippen LogP contribution in [-0.4, -0.2) is 24.5 Å². The van der Waals surface area contributed by atoms with Crippen LogP contribution in [0.2, 0.25) is 0 Å². The predicted molar refractivity (Wildman–Crippen MR) is 110 cm³/mol. The number of hydrogen-bond acceptors (Lipinski definition) is 3. The zero-order valence-electron chi connectivity index (χ0n) is 16.1. The van der Waals surface area contributed by atoms with E-state index in [0.29, 0.717) is 17.9 Å². The number of rotatable bonds is 6. The molecule has 0 saturated carbocycles. The molecular formula is C24H22N2O2. The number of benzene rings is 3. The van der Waals surface area contributed by atoms with Gasteiger partial charge in [0.15, 0.2) is 6.61 Å². The lowest BCUT2D eigenvalue weighted by molar-refractivity contribution is -0.132. The van der Waals surface area contributed by atoms with E-state index in [2.05, 4.69) is 6.07 Å². The molecule has 0 fully saturated rings. The van der Waals surface area contributed by atoms with E-state index in [0.717, 1.165) is 16.7 Å². The summed E-state index contributed by atoms with van der Waals surface area (Å²) in [6.07, 6.45) is 0. The van der Waals surface area contributed by atoms with Crippen molar-refractivity contribution in [1.29, 1.82) is 5.26 Å². The first-order valence-electron chi connectivity index (χ1n) is 9.08. The van der Waals surface area contributed by atoms with Crippen molar-refractivity contribution in [3.63, 3.8) is 0 Å². The Bertz CT molecular complexity index is 986. The Hall–Kier alpha value is -3.58. The smallest absolute Gasteiger partial charge is 0.260 e. The lowest BCUT2D eigenvalue weighted by Gasteiger charge is -2.18. The molecule has 3 rings (SSSR count). The second kappa shape index (κ2) is 8.88. The molecule has 0 aliphatic carbocycles. The SMILES string of the molecule is Cc1ccccc1CN(C)C(=O)COc1ccc(-c2ccc(C#N)cc2)cc1. The first-order chi connectivity index (χ1) is 13.6. The zero-order valence-corrected chi connectivity index (χ0v) is 16.1. The van der Waals surface area contributed by atoms with Crippen LogP contribution in [0.5, 0.6) is 5.75 Å². The van der Waals surface area contributed by atoms with Crippen LogP contribution < -0.4 is 4.74 Å². The standard InChI is InChI=1S/C24H22N2O2/c1-18-5-3-4-6-22(18)16-26(2)24(27)17-28-23-13-11-21(12-14-23)20-9-7-19(15-25)8-10-20/h3-14H,16-17H2,1-2H3. The van der Waals surface area contributed by atoms with Crippen LogP contribution in [0.3, 0.4) is 0 Å². The van der Waals surface area contributed by atoms with E-state index < -0.39 is 0 Å². The summed E-state index contributed by atoms with van der Waals surface area (Å²) in [4.78, 5) is 14.0. The molecule has 0 aliphatic heterocycles. The summed E-state index contributed by atoms with van der Waals surface area (Å²) in [5.41, 5.74) is 4.99. The van der Waals surface area contributed by atoms with Crippen molar-refractivity contribution in [2.75, 3.05) is 13.7 Å². The van der Waals surface area contributed by atoms with Crippen molar-refractivity contribution < 1.29 is 9.53 Å². The van der Waals surface area contributed by atoms with Crippen LogP contribution >= 0.6 is 0 Å². The Labute approximate surface area is 165 Å². The molecule has 0 heterocycles. The maximum atomic E-state index is 12.4. The molecule has 0 N–H and O–H groups in total. The summed E-state index contributed by atoms with van der Waals surface area (Å²) < 4.78 is 5.65. The molecule has 28 heavy (non-hydrogen) atoms. The van der Waals surface area contributed by atoms with Crippen molar-refractivity contribution in [3.8, 4) is 22.9 Å². The average Bonchev–Trinajstić information content (AvgIpc) is 2.74. The first-order valence-corrected chi connectivity index (χ1v) is 9.08. The van der Waals surface area contributed by atoms with Crippen LogP contribution in [0.1, 0.15) is 16.7 Å². The molecule has 1 amide bonds. The van der Waals surface area contributed by atoms with Crippen molar-refractivity contribution >= 4 is 5.91 Å². The fraction of sp³-hybridized carbons (Fsp3) is 0.167. The van der Waals surface area contributed by atoms with Gasteiger partial charge < -0.3 is 9.64 Å². The van der Waals surface area contributed by atoms with Crippen LogP contribution in [0.25, 0.3) is 11.1 Å². The third-order valence-corrected chi connectivity index (χ3v) is 4.66. The molecule has 0 saturated heterocycles. The van der Waals surface area contributed by atoms with Gasteiger partial charge in [-0.2, -0.15) is 5.26 Å². The van der Waals surface area contributed by atoms with E-state index >= 15 is 0 Å². The van der Waals surface area contributed by atoms with E-state index in [1.165, 1.54) is 5.56 Å². The Kier molecular flexibility index (Phi) is 6.08. The largest absolute Gasteiger partial charge is 0.484 e. The topological polar surface area (TPSA) is 53.3 Å². The van der Waals surface area contributed by atoms with Gasteiger partial charge in [0.05, 0.1) is 11.6 Å². The van der Waals surface area contributed by atoms with Crippen LogP contribution in [0, 0.1) is 18.3 Å². The number of nitriles is 1. The van der Waals surface area contributed by atoms with E-state index in [-0.39, 0.29) is 12.5 Å². The third-order valence-electron chi connectivity index (χ3n) is 4.66. The lowest BCUT2D eigenvalue weighted by Crippen LogP contribution is -2.31. The van der Waals surface area contributed by atoms with E-state index in [4.69, 9.17) is 10.00 Å². The maximum Gasteiger partial charge on any atom is 0.260 e. The molecular weight excluding hydrogens is 348 g/mol. The van der Waals surface area contributed by atoms with Gasteiger partial charge in [0.1, 0.15) is 5.75 Å². The van der Waals surface area contributed by atoms with Gasteiger partial charge in [0.2, 0.25) is 0 Å². The average molecular weight is 370 g/mol. The first kappa shape index (κ1) is 19.2. The number of aryl methyl sites for hydroxylation is 1. The van der Waals surface area contributed by atoms with Crippen molar-refractivity contribution in [1.82, 2.24) is 4.90 Å². The van der Waals surface area contributed by atoms with E-state index in [9.17, 15) is 4.79 Å². The Morgan fingerprint density at radius 3 is 2.18 bits per heavy atom. The van der Waals surface area contributed by atoms with Gasteiger partial charge in [-0.1, -0.05) is 48.5 Å². The van der Waals surface area contributed by atoms with E-state index in [1.807, 2.05) is 67.6 Å². The Morgan fingerprint density at radius 2 is 1.57 bits per heavy atom. The van der Waals surface area contributed by atoms with Gasteiger partial charge in [-0.15, -0.1) is 0 Å². The van der Waals surface area contributed by atoms with Crippen LogP contribution in [0.4, 0.5) is 0 Å². The van der Waals surface area contributed by atoms with Gasteiger partial charge in [-0.25, -0.2) is 0 Å². The second-order valence-corrected chi connectivity index (χ2v) is 6.68. The molecule has 0 bridgehead atoms. The Morgan fingerprint density at radius 1 is 0.964 bits per heavy atom. The van der Waals surface area contributed by atoms with Crippen molar-refractivity contribution in [2.45, 2.75) is 13.5 Å². The summed E-state index contributed by atoms with van der Waals surface area (Å²) in [6, 6.07) is 25.2. The van der Waals surface area contributed by atoms with Crippen LogP contribution in [-0.2, 0) is 11.3 Å². The molecule has 3 aromatic carbocycles. The minimum Gasteiger partial charge on any atom is -0.484 e. The highest BCUT2D eigenvalue weighted by molar-refractivity contribution is 5.77. The normalized spacial score (nSPS) is 10.2. The fourth-order valence-corrected chi connectivity index (χ4v) is 2.87. The predicted octanol–water partition coefficient (Wildman–Crippen LogP) is 4.57. The molecule has 140 valence electrons. The fourth-order valence-electron chi connectivity index (χ4n) is 2.87. The number of carbonyl (C=O) groups is 1. The second-order valence-electron chi connectivity index (χ2n) is 6.68. The van der Waals surface area contributed by atoms with Crippen molar-refractivity contribution in [3.05, 3.63) is 89.5 Å². The number of hydrogen-bond donors (Lipinski definition) is 0. The minimum absolute atomic E-state index is 0.00139. The molecule has 0 spiro atoms. The summed E-state index contributed by atoms with van der Waals surface area (Å²) in [7, 11) is 1.78. The van der Waals surface area contributed by atoms with Gasteiger partial charge in [-0.3, -0.25) is 4.79 Å². The van der Waals surface area contributed by atoms with Crippen LogP contribution in [0.15, 0.2) is 72.8 Å². The molecule has 4 nitrogen and oxygen atoms in total.